The molecule has 1 N–H and O–H groups in total. The molecule has 3 atom stereocenters. The molecule has 0 aliphatic carbocycles. The zero-order valence-corrected chi connectivity index (χ0v) is 10.2. The van der Waals surface area contributed by atoms with Gasteiger partial charge in [0.25, 0.3) is 0 Å². The lowest BCUT2D eigenvalue weighted by molar-refractivity contribution is 0.0895. The summed E-state index contributed by atoms with van der Waals surface area (Å²) in [4.78, 5) is 2.73. The third-order valence-electron chi connectivity index (χ3n) is 4.92. The van der Waals surface area contributed by atoms with Gasteiger partial charge in [0.05, 0.1) is 0 Å². The maximum absolute atomic E-state index is 3.79. The molecule has 2 heteroatoms. The van der Waals surface area contributed by atoms with Gasteiger partial charge < -0.3 is 5.32 Å². The molecular weight excluding hydrogens is 208 g/mol. The number of piperidine rings is 2. The lowest BCUT2D eigenvalue weighted by Gasteiger charge is -2.45. The van der Waals surface area contributed by atoms with E-state index in [4.69, 9.17) is 0 Å². The van der Waals surface area contributed by atoms with E-state index in [0.717, 1.165) is 12.0 Å². The van der Waals surface area contributed by atoms with E-state index in [2.05, 4.69) is 34.5 Å². The van der Waals surface area contributed by atoms with Crippen LogP contribution in [0, 0.1) is 0 Å². The van der Waals surface area contributed by atoms with Crippen molar-refractivity contribution in [3.8, 4) is 0 Å². The van der Waals surface area contributed by atoms with Crippen molar-refractivity contribution >= 4 is 5.69 Å². The molecule has 2 nitrogen and oxygen atoms in total. The SMILES string of the molecule is c1ccc2c(c1)N[C@@H]1C3CCCCN3CC[C@H]21. The molecule has 0 spiro atoms. The zero-order valence-electron chi connectivity index (χ0n) is 10.2. The Labute approximate surface area is 103 Å². The van der Waals surface area contributed by atoms with Gasteiger partial charge >= 0.3 is 0 Å². The quantitative estimate of drug-likeness (QED) is 0.734. The average molecular weight is 228 g/mol. The predicted molar refractivity (Wildman–Crippen MR) is 70.4 cm³/mol. The normalized spacial score (nSPS) is 35.6. The molecule has 0 saturated carbocycles. The molecule has 1 aromatic rings. The van der Waals surface area contributed by atoms with Crippen LogP contribution in [0.4, 0.5) is 5.69 Å². The maximum Gasteiger partial charge on any atom is 0.0486 e. The van der Waals surface area contributed by atoms with Crippen molar-refractivity contribution in [2.24, 2.45) is 0 Å². The Morgan fingerprint density at radius 1 is 1.06 bits per heavy atom. The Balaban J connectivity index is 1.68. The highest BCUT2D eigenvalue weighted by atomic mass is 15.2. The second-order valence-corrected chi connectivity index (χ2v) is 5.75. The molecule has 0 bridgehead atoms. The summed E-state index contributed by atoms with van der Waals surface area (Å²) >= 11 is 0. The van der Waals surface area contributed by atoms with Crippen LogP contribution in [-0.4, -0.2) is 30.1 Å². The highest BCUT2D eigenvalue weighted by Crippen LogP contribution is 2.44. The number of benzene rings is 1. The van der Waals surface area contributed by atoms with Crippen LogP contribution in [0.5, 0.6) is 0 Å². The number of nitrogens with zero attached hydrogens (tertiary/aromatic N) is 1. The Hall–Kier alpha value is -1.02. The average Bonchev–Trinajstić information content (AvgIpc) is 2.78. The second kappa shape index (κ2) is 3.74. The molecule has 0 amide bonds. The zero-order chi connectivity index (χ0) is 11.2. The van der Waals surface area contributed by atoms with E-state index in [9.17, 15) is 0 Å². The molecule has 3 aliphatic heterocycles. The molecule has 2 fully saturated rings. The first-order valence-corrected chi connectivity index (χ1v) is 7.03. The van der Waals surface area contributed by atoms with Crippen molar-refractivity contribution in [3.05, 3.63) is 29.8 Å². The first-order valence-electron chi connectivity index (χ1n) is 7.03. The summed E-state index contributed by atoms with van der Waals surface area (Å²) in [5.74, 6) is 0.769. The first kappa shape index (κ1) is 9.95. The van der Waals surface area contributed by atoms with Gasteiger partial charge in [-0.15, -0.1) is 0 Å². The van der Waals surface area contributed by atoms with E-state index in [1.165, 1.54) is 44.5 Å². The molecule has 2 saturated heterocycles. The van der Waals surface area contributed by atoms with Gasteiger partial charge in [-0.3, -0.25) is 4.90 Å². The highest BCUT2D eigenvalue weighted by molar-refractivity contribution is 5.60. The number of hydrogen-bond acceptors (Lipinski definition) is 2. The fourth-order valence-corrected chi connectivity index (χ4v) is 4.13. The summed E-state index contributed by atoms with van der Waals surface area (Å²) in [5, 5.41) is 3.79. The molecule has 0 aromatic heterocycles. The minimum atomic E-state index is 0.682. The first-order chi connectivity index (χ1) is 8.43. The Morgan fingerprint density at radius 2 is 2.00 bits per heavy atom. The van der Waals surface area contributed by atoms with Crippen LogP contribution in [-0.2, 0) is 0 Å². The number of hydrogen-bond donors (Lipinski definition) is 1. The number of anilines is 1. The summed E-state index contributed by atoms with van der Waals surface area (Å²) in [6.45, 7) is 2.63. The van der Waals surface area contributed by atoms with Gasteiger partial charge in [-0.2, -0.15) is 0 Å². The van der Waals surface area contributed by atoms with E-state index in [-0.39, 0.29) is 0 Å². The number of nitrogens with one attached hydrogen (secondary N) is 1. The van der Waals surface area contributed by atoms with Crippen molar-refractivity contribution < 1.29 is 0 Å². The number of rotatable bonds is 0. The predicted octanol–water partition coefficient (Wildman–Crippen LogP) is 2.82. The number of fused-ring (bicyclic) bond motifs is 5. The van der Waals surface area contributed by atoms with E-state index >= 15 is 0 Å². The van der Waals surface area contributed by atoms with Crippen LogP contribution in [0.3, 0.4) is 0 Å². The van der Waals surface area contributed by atoms with Gasteiger partial charge in [-0.05, 0) is 44.0 Å². The molecule has 0 radical (unpaired) electrons. The largest absolute Gasteiger partial charge is 0.380 e. The van der Waals surface area contributed by atoms with Crippen molar-refractivity contribution in [2.45, 2.75) is 43.7 Å². The van der Waals surface area contributed by atoms with Crippen molar-refractivity contribution in [1.29, 1.82) is 0 Å². The molecule has 3 aliphatic rings. The van der Waals surface area contributed by atoms with E-state index in [0.29, 0.717) is 6.04 Å². The fourth-order valence-electron chi connectivity index (χ4n) is 4.13. The van der Waals surface area contributed by atoms with E-state index < -0.39 is 0 Å². The Bertz CT molecular complexity index is 429. The van der Waals surface area contributed by atoms with Gasteiger partial charge in [0.2, 0.25) is 0 Å². The van der Waals surface area contributed by atoms with Gasteiger partial charge in [0.1, 0.15) is 0 Å². The summed E-state index contributed by atoms with van der Waals surface area (Å²) in [6, 6.07) is 10.4. The third-order valence-corrected chi connectivity index (χ3v) is 4.92. The summed E-state index contributed by atoms with van der Waals surface area (Å²) in [7, 11) is 0. The van der Waals surface area contributed by atoms with Crippen LogP contribution in [0.2, 0.25) is 0 Å². The molecule has 4 rings (SSSR count). The van der Waals surface area contributed by atoms with Crippen molar-refractivity contribution in [1.82, 2.24) is 4.90 Å². The molecule has 1 unspecified atom stereocenters. The summed E-state index contributed by atoms with van der Waals surface area (Å²) in [5.41, 5.74) is 2.97. The highest BCUT2D eigenvalue weighted by Gasteiger charge is 2.43. The monoisotopic (exact) mass is 228 g/mol. The van der Waals surface area contributed by atoms with Crippen LogP contribution < -0.4 is 5.32 Å². The summed E-state index contributed by atoms with van der Waals surface area (Å²) in [6.07, 6.45) is 5.55. The van der Waals surface area contributed by atoms with Crippen molar-refractivity contribution in [2.75, 3.05) is 18.4 Å². The van der Waals surface area contributed by atoms with Crippen LogP contribution in [0.15, 0.2) is 24.3 Å². The Kier molecular flexibility index (Phi) is 2.19. The van der Waals surface area contributed by atoms with Crippen LogP contribution in [0.1, 0.15) is 37.2 Å². The minimum Gasteiger partial charge on any atom is -0.380 e. The van der Waals surface area contributed by atoms with Gasteiger partial charge in [-0.1, -0.05) is 24.6 Å². The molecule has 17 heavy (non-hydrogen) atoms. The molecular formula is C15H20N2. The lowest BCUT2D eigenvalue weighted by atomic mass is 9.80. The van der Waals surface area contributed by atoms with Gasteiger partial charge in [-0.25, -0.2) is 0 Å². The van der Waals surface area contributed by atoms with E-state index in [1.54, 1.807) is 5.56 Å². The van der Waals surface area contributed by atoms with Crippen LogP contribution >= 0.6 is 0 Å². The number of para-hydroxylation sites is 1. The van der Waals surface area contributed by atoms with Gasteiger partial charge in [0, 0.05) is 23.7 Å². The minimum absolute atomic E-state index is 0.682. The smallest absolute Gasteiger partial charge is 0.0486 e. The lowest BCUT2D eigenvalue weighted by Crippen LogP contribution is -2.54. The van der Waals surface area contributed by atoms with Gasteiger partial charge in [0.15, 0.2) is 0 Å². The van der Waals surface area contributed by atoms with E-state index in [1.807, 2.05) is 0 Å². The second-order valence-electron chi connectivity index (χ2n) is 5.75. The van der Waals surface area contributed by atoms with Crippen molar-refractivity contribution in [3.63, 3.8) is 0 Å². The topological polar surface area (TPSA) is 15.3 Å². The summed E-state index contributed by atoms with van der Waals surface area (Å²) < 4.78 is 0. The standard InChI is InChI=1S/C15H20N2/c1-2-6-13-11(5-1)12-8-10-17-9-4-3-7-14(17)15(12)16-13/h1-2,5-6,12,14-16H,3-4,7-10H2/t12-,14?,15+/m1/s1. The fraction of sp³-hybridized carbons (Fsp3) is 0.600. The molecule has 1 aromatic carbocycles. The van der Waals surface area contributed by atoms with Crippen LogP contribution in [0.25, 0.3) is 0 Å². The maximum atomic E-state index is 3.79. The third kappa shape index (κ3) is 1.43. The Morgan fingerprint density at radius 3 is 3.00 bits per heavy atom. The molecule has 90 valence electrons. The molecule has 3 heterocycles.